The minimum Gasteiger partial charge on any atom is -0.507 e. The van der Waals surface area contributed by atoms with E-state index in [0.717, 1.165) is 5.39 Å². The van der Waals surface area contributed by atoms with E-state index in [4.69, 9.17) is 4.74 Å². The molecule has 0 aliphatic carbocycles. The van der Waals surface area contributed by atoms with Crippen molar-refractivity contribution in [2.45, 2.75) is 13.0 Å². The molecule has 1 atom stereocenters. The van der Waals surface area contributed by atoms with E-state index in [2.05, 4.69) is 0 Å². The number of phenols is 1. The zero-order valence-electron chi connectivity index (χ0n) is 9.27. The minimum absolute atomic E-state index is 0.117. The van der Waals surface area contributed by atoms with Gasteiger partial charge in [-0.05, 0) is 13.0 Å². The number of hydrogen-bond donors (Lipinski definition) is 2. The van der Waals surface area contributed by atoms with Crippen molar-refractivity contribution in [3.63, 3.8) is 0 Å². The van der Waals surface area contributed by atoms with Crippen molar-refractivity contribution in [3.05, 3.63) is 35.9 Å². The Morgan fingerprint density at radius 2 is 1.88 bits per heavy atom. The number of benzene rings is 2. The second kappa shape index (κ2) is 4.02. The molecule has 0 saturated heterocycles. The van der Waals surface area contributed by atoms with Gasteiger partial charge in [0.25, 0.3) is 0 Å². The van der Waals surface area contributed by atoms with Gasteiger partial charge in [0.15, 0.2) is 0 Å². The maximum Gasteiger partial charge on any atom is 0.129 e. The van der Waals surface area contributed by atoms with Crippen molar-refractivity contribution in [1.29, 1.82) is 0 Å². The van der Waals surface area contributed by atoms with E-state index in [9.17, 15) is 10.2 Å². The maximum atomic E-state index is 10.0. The minimum atomic E-state index is -0.685. The number of aliphatic hydroxyl groups excluding tert-OH is 1. The average Bonchev–Trinajstić information content (AvgIpc) is 2.28. The molecule has 0 amide bonds. The zero-order chi connectivity index (χ0) is 11.7. The number of phenolic OH excluding ortho intramolecular Hbond substituents is 1. The fraction of sp³-hybridized carbons (Fsp3) is 0.231. The highest BCUT2D eigenvalue weighted by Crippen LogP contribution is 2.36. The number of ether oxygens (including phenoxy) is 1. The Bertz CT molecular complexity index is 518. The van der Waals surface area contributed by atoms with Crippen molar-refractivity contribution in [2.75, 3.05) is 7.11 Å². The van der Waals surface area contributed by atoms with Gasteiger partial charge in [0.2, 0.25) is 0 Å². The lowest BCUT2D eigenvalue weighted by Crippen LogP contribution is -1.93. The second-order valence-electron chi connectivity index (χ2n) is 3.73. The Hall–Kier alpha value is -1.74. The van der Waals surface area contributed by atoms with E-state index in [1.54, 1.807) is 26.2 Å². The lowest BCUT2D eigenvalue weighted by molar-refractivity contribution is 0.195. The summed E-state index contributed by atoms with van der Waals surface area (Å²) >= 11 is 0. The first-order valence-electron chi connectivity index (χ1n) is 5.11. The molecule has 3 heteroatoms. The van der Waals surface area contributed by atoms with Crippen LogP contribution >= 0.6 is 0 Å². The van der Waals surface area contributed by atoms with Gasteiger partial charge in [-0.15, -0.1) is 0 Å². The third-order valence-corrected chi connectivity index (χ3v) is 2.69. The van der Waals surface area contributed by atoms with Crippen molar-refractivity contribution >= 4 is 10.8 Å². The van der Waals surface area contributed by atoms with Crippen molar-refractivity contribution in [2.24, 2.45) is 0 Å². The number of rotatable bonds is 2. The summed E-state index contributed by atoms with van der Waals surface area (Å²) in [5, 5.41) is 21.1. The Morgan fingerprint density at radius 3 is 2.50 bits per heavy atom. The molecule has 0 bridgehead atoms. The normalized spacial score (nSPS) is 12.7. The predicted molar refractivity (Wildman–Crippen MR) is 62.8 cm³/mol. The summed E-state index contributed by atoms with van der Waals surface area (Å²) in [6.07, 6.45) is -0.685. The molecule has 2 N–H and O–H groups in total. The molecule has 84 valence electrons. The smallest absolute Gasteiger partial charge is 0.129 e. The number of methoxy groups -OCH3 is 1. The quantitative estimate of drug-likeness (QED) is 0.814. The summed E-state index contributed by atoms with van der Waals surface area (Å²) in [4.78, 5) is 0. The molecular weight excluding hydrogens is 204 g/mol. The van der Waals surface area contributed by atoms with Crippen molar-refractivity contribution in [3.8, 4) is 11.5 Å². The Kier molecular flexibility index (Phi) is 2.71. The van der Waals surface area contributed by atoms with Gasteiger partial charge >= 0.3 is 0 Å². The highest BCUT2D eigenvalue weighted by Gasteiger charge is 2.12. The van der Waals surface area contributed by atoms with E-state index in [1.807, 2.05) is 18.2 Å². The van der Waals surface area contributed by atoms with Crippen LogP contribution in [-0.2, 0) is 0 Å². The van der Waals surface area contributed by atoms with E-state index in [1.165, 1.54) is 0 Å². The van der Waals surface area contributed by atoms with Crippen molar-refractivity contribution < 1.29 is 14.9 Å². The van der Waals surface area contributed by atoms with Gasteiger partial charge in [-0.3, -0.25) is 0 Å². The van der Waals surface area contributed by atoms with Crippen LogP contribution < -0.4 is 4.74 Å². The van der Waals surface area contributed by atoms with Gasteiger partial charge in [-0.2, -0.15) is 0 Å². The van der Waals surface area contributed by atoms with Gasteiger partial charge in [0.05, 0.1) is 13.2 Å². The molecule has 0 fully saturated rings. The molecule has 16 heavy (non-hydrogen) atoms. The van der Waals surface area contributed by atoms with E-state index in [-0.39, 0.29) is 5.75 Å². The number of fused-ring (bicyclic) bond motifs is 1. The van der Waals surface area contributed by atoms with Crippen LogP contribution in [0.15, 0.2) is 30.3 Å². The van der Waals surface area contributed by atoms with Crippen LogP contribution in [0.5, 0.6) is 11.5 Å². The largest absolute Gasteiger partial charge is 0.507 e. The fourth-order valence-electron chi connectivity index (χ4n) is 1.85. The SMILES string of the molecule is COc1cccc2c(O)c(C(C)O)ccc12. The summed E-state index contributed by atoms with van der Waals surface area (Å²) in [7, 11) is 1.59. The van der Waals surface area contributed by atoms with Gasteiger partial charge in [0, 0.05) is 16.3 Å². The van der Waals surface area contributed by atoms with E-state index >= 15 is 0 Å². The van der Waals surface area contributed by atoms with Gasteiger partial charge in [-0.1, -0.05) is 24.3 Å². The van der Waals surface area contributed by atoms with E-state index < -0.39 is 6.10 Å². The molecule has 0 radical (unpaired) electrons. The van der Waals surface area contributed by atoms with Crippen LogP contribution in [0.2, 0.25) is 0 Å². The molecule has 0 aromatic heterocycles. The molecular formula is C13H14O3. The predicted octanol–water partition coefficient (Wildman–Crippen LogP) is 2.61. The third kappa shape index (κ3) is 1.59. The first-order valence-corrected chi connectivity index (χ1v) is 5.11. The van der Waals surface area contributed by atoms with Crippen LogP contribution in [0.4, 0.5) is 0 Å². The summed E-state index contributed by atoms with van der Waals surface area (Å²) in [6, 6.07) is 9.01. The molecule has 0 aliphatic heterocycles. The first-order chi connectivity index (χ1) is 7.65. The topological polar surface area (TPSA) is 49.7 Å². The molecule has 0 saturated carbocycles. The van der Waals surface area contributed by atoms with Crippen LogP contribution in [-0.4, -0.2) is 17.3 Å². The lowest BCUT2D eigenvalue weighted by atomic mass is 10.0. The molecule has 3 nitrogen and oxygen atoms in total. The third-order valence-electron chi connectivity index (χ3n) is 2.69. The number of aliphatic hydroxyl groups is 1. The highest BCUT2D eigenvalue weighted by molar-refractivity contribution is 5.93. The summed E-state index contributed by atoms with van der Waals surface area (Å²) in [6.45, 7) is 1.63. The molecule has 0 spiro atoms. The van der Waals surface area contributed by atoms with E-state index in [0.29, 0.717) is 16.7 Å². The Labute approximate surface area is 93.9 Å². The maximum absolute atomic E-state index is 10.0. The van der Waals surface area contributed by atoms with Crippen LogP contribution in [0.1, 0.15) is 18.6 Å². The molecule has 2 aromatic rings. The van der Waals surface area contributed by atoms with Gasteiger partial charge in [0.1, 0.15) is 11.5 Å². The zero-order valence-corrected chi connectivity index (χ0v) is 9.27. The summed E-state index contributed by atoms with van der Waals surface area (Å²) in [5.74, 6) is 0.830. The van der Waals surface area contributed by atoms with Gasteiger partial charge in [-0.25, -0.2) is 0 Å². The lowest BCUT2D eigenvalue weighted by Gasteiger charge is -2.12. The number of aromatic hydroxyl groups is 1. The molecule has 2 aromatic carbocycles. The summed E-state index contributed by atoms with van der Waals surface area (Å²) < 4.78 is 5.21. The molecule has 0 heterocycles. The highest BCUT2D eigenvalue weighted by atomic mass is 16.5. The van der Waals surface area contributed by atoms with Crippen LogP contribution in [0, 0.1) is 0 Å². The van der Waals surface area contributed by atoms with Crippen molar-refractivity contribution in [1.82, 2.24) is 0 Å². The summed E-state index contributed by atoms with van der Waals surface area (Å²) in [5.41, 5.74) is 0.528. The second-order valence-corrected chi connectivity index (χ2v) is 3.73. The standard InChI is InChI=1S/C13H14O3/c1-8(14)9-6-7-10-11(13(9)15)4-3-5-12(10)16-2/h3-8,14-15H,1-2H3. The number of hydrogen-bond acceptors (Lipinski definition) is 3. The average molecular weight is 218 g/mol. The van der Waals surface area contributed by atoms with Crippen LogP contribution in [0.3, 0.4) is 0 Å². The van der Waals surface area contributed by atoms with Gasteiger partial charge < -0.3 is 14.9 Å². The monoisotopic (exact) mass is 218 g/mol. The molecule has 1 unspecified atom stereocenters. The first kappa shape index (κ1) is 10.8. The van der Waals surface area contributed by atoms with Crippen LogP contribution in [0.25, 0.3) is 10.8 Å². The molecule has 0 aliphatic rings. The fourth-order valence-corrected chi connectivity index (χ4v) is 1.85. The Morgan fingerprint density at radius 1 is 1.12 bits per heavy atom. The Balaban J connectivity index is 2.76. The molecule has 2 rings (SSSR count).